The molecule has 1 spiro atoms. The predicted molar refractivity (Wildman–Crippen MR) is 91.7 cm³/mol. The van der Waals surface area contributed by atoms with Gasteiger partial charge in [-0.25, -0.2) is 0 Å². The molecule has 1 atom stereocenters. The fraction of sp³-hybridized carbons (Fsp3) is 0.667. The van der Waals surface area contributed by atoms with Crippen LogP contribution in [0, 0.1) is 5.41 Å². The number of rotatable bonds is 1. The molecule has 2 fully saturated rings. The second kappa shape index (κ2) is 6.37. The lowest BCUT2D eigenvalue weighted by Crippen LogP contribution is -2.64. The third-order valence-electron chi connectivity index (χ3n) is 5.91. The van der Waals surface area contributed by atoms with Gasteiger partial charge in [0.05, 0.1) is 11.6 Å². The van der Waals surface area contributed by atoms with Crippen molar-refractivity contribution in [2.75, 3.05) is 19.6 Å². The Balaban J connectivity index is 1.71. The number of likely N-dealkylation sites (tertiary alicyclic amines) is 2. The van der Waals surface area contributed by atoms with Crippen LogP contribution >= 0.6 is 0 Å². The molecule has 1 aromatic rings. The van der Waals surface area contributed by atoms with E-state index in [4.69, 9.17) is 0 Å². The molecule has 2 amide bonds. The number of hydrogen-bond acceptors (Lipinski definition) is 5. The van der Waals surface area contributed by atoms with Gasteiger partial charge in [0.1, 0.15) is 0 Å². The molecule has 0 unspecified atom stereocenters. The maximum Gasteiger partial charge on any atom is 0.274 e. The molecular weight excluding hydrogens is 320 g/mol. The molecule has 0 saturated carbocycles. The molecule has 2 saturated heterocycles. The average Bonchev–Trinajstić information content (AvgIpc) is 2.59. The molecule has 1 N–H and O–H groups in total. The van der Waals surface area contributed by atoms with Crippen molar-refractivity contribution >= 4 is 11.8 Å². The second-order valence-corrected chi connectivity index (χ2v) is 7.88. The molecule has 7 nitrogen and oxygen atoms in total. The van der Waals surface area contributed by atoms with Crippen molar-refractivity contribution in [1.82, 2.24) is 20.0 Å². The van der Waals surface area contributed by atoms with Gasteiger partial charge in [0.25, 0.3) is 5.91 Å². The Kier molecular flexibility index (Phi) is 4.53. The molecule has 0 aliphatic carbocycles. The molecule has 1 aromatic heterocycles. The Morgan fingerprint density at radius 1 is 1.28 bits per heavy atom. The number of aromatic nitrogens is 2. The van der Waals surface area contributed by atoms with E-state index in [2.05, 4.69) is 10.2 Å². The summed E-state index contributed by atoms with van der Waals surface area (Å²) in [6, 6.07) is 3.38. The fourth-order valence-corrected chi connectivity index (χ4v) is 4.08. The minimum absolute atomic E-state index is 0.0128. The first kappa shape index (κ1) is 17.8. The van der Waals surface area contributed by atoms with Gasteiger partial charge in [-0.05, 0) is 50.7 Å². The normalized spacial score (nSPS) is 25.0. The fourth-order valence-electron chi connectivity index (χ4n) is 4.08. The van der Waals surface area contributed by atoms with Crippen LogP contribution in [-0.2, 0) is 4.79 Å². The van der Waals surface area contributed by atoms with E-state index >= 15 is 0 Å². The maximum atomic E-state index is 12.5. The van der Waals surface area contributed by atoms with Gasteiger partial charge in [-0.15, -0.1) is 5.10 Å². The Hall–Kier alpha value is -2.02. The number of carbonyl (C=O) groups excluding carboxylic acids is 2. The zero-order valence-corrected chi connectivity index (χ0v) is 15.1. The van der Waals surface area contributed by atoms with E-state index in [1.54, 1.807) is 35.1 Å². The Labute approximate surface area is 148 Å². The van der Waals surface area contributed by atoms with Crippen molar-refractivity contribution in [3.63, 3.8) is 0 Å². The highest BCUT2D eigenvalue weighted by Crippen LogP contribution is 2.45. The quantitative estimate of drug-likeness (QED) is 0.823. The van der Waals surface area contributed by atoms with Crippen molar-refractivity contribution in [1.29, 1.82) is 0 Å². The number of piperidine rings is 2. The molecule has 3 rings (SSSR count). The van der Waals surface area contributed by atoms with Crippen molar-refractivity contribution in [2.24, 2.45) is 5.41 Å². The molecular formula is C18H26N4O3. The standard InChI is InChI=1S/C18H26N4O3/c1-13(23)22-12-18(11-15(24)17(22,2)3)6-9-21(10-7-18)16(25)14-5-4-8-19-20-14/h4-5,8,15,24H,6-7,9-12H2,1-3H3/t15-/m1/s1. The van der Waals surface area contributed by atoms with Crippen LogP contribution in [0.4, 0.5) is 0 Å². The number of amides is 2. The Morgan fingerprint density at radius 3 is 2.52 bits per heavy atom. The summed E-state index contributed by atoms with van der Waals surface area (Å²) in [7, 11) is 0. The van der Waals surface area contributed by atoms with Gasteiger partial charge in [-0.2, -0.15) is 5.10 Å². The van der Waals surface area contributed by atoms with Crippen molar-refractivity contribution in [3.05, 3.63) is 24.0 Å². The van der Waals surface area contributed by atoms with Gasteiger partial charge < -0.3 is 14.9 Å². The van der Waals surface area contributed by atoms with Crippen molar-refractivity contribution < 1.29 is 14.7 Å². The minimum Gasteiger partial charge on any atom is -0.391 e. The lowest BCUT2D eigenvalue weighted by atomic mass is 9.67. The topological polar surface area (TPSA) is 86.6 Å². The number of hydrogen-bond donors (Lipinski definition) is 1. The molecule has 0 bridgehead atoms. The maximum absolute atomic E-state index is 12.5. The number of aliphatic hydroxyl groups is 1. The van der Waals surface area contributed by atoms with E-state index in [0.717, 1.165) is 12.8 Å². The van der Waals surface area contributed by atoms with Crippen molar-refractivity contribution in [3.8, 4) is 0 Å². The van der Waals surface area contributed by atoms with E-state index in [9.17, 15) is 14.7 Å². The summed E-state index contributed by atoms with van der Waals surface area (Å²) in [5.74, 6) is -0.121. The summed E-state index contributed by atoms with van der Waals surface area (Å²) in [5.41, 5.74) is -0.322. The first-order valence-corrected chi connectivity index (χ1v) is 8.78. The molecule has 0 aromatic carbocycles. The third-order valence-corrected chi connectivity index (χ3v) is 5.91. The van der Waals surface area contributed by atoms with Crippen LogP contribution < -0.4 is 0 Å². The lowest BCUT2D eigenvalue weighted by Gasteiger charge is -2.55. The SMILES string of the molecule is CC(=O)N1CC2(CCN(C(=O)c3cccnn3)CC2)C[C@@H](O)C1(C)C. The predicted octanol–water partition coefficient (Wildman–Crippen LogP) is 1.09. The van der Waals surface area contributed by atoms with Crippen LogP contribution in [0.1, 0.15) is 50.5 Å². The van der Waals surface area contributed by atoms with Gasteiger partial charge in [0.15, 0.2) is 5.69 Å². The molecule has 0 radical (unpaired) electrons. The van der Waals surface area contributed by atoms with Crippen LogP contribution in [-0.4, -0.2) is 68.2 Å². The third kappa shape index (κ3) is 3.25. The van der Waals surface area contributed by atoms with E-state index in [1.165, 1.54) is 0 Å². The monoisotopic (exact) mass is 346 g/mol. The largest absolute Gasteiger partial charge is 0.391 e. The summed E-state index contributed by atoms with van der Waals surface area (Å²) in [6.07, 6.45) is 3.19. The minimum atomic E-state index is -0.563. The van der Waals surface area contributed by atoms with E-state index in [-0.39, 0.29) is 17.2 Å². The Bertz CT molecular complexity index is 654. The summed E-state index contributed by atoms with van der Waals surface area (Å²) < 4.78 is 0. The first-order valence-electron chi connectivity index (χ1n) is 8.78. The summed E-state index contributed by atoms with van der Waals surface area (Å²) in [6.45, 7) is 7.24. The van der Waals surface area contributed by atoms with E-state index < -0.39 is 11.6 Å². The summed E-state index contributed by atoms with van der Waals surface area (Å²) in [5, 5.41) is 18.3. The van der Waals surface area contributed by atoms with Crippen LogP contribution in [0.3, 0.4) is 0 Å². The molecule has 3 heterocycles. The van der Waals surface area contributed by atoms with E-state index in [1.807, 2.05) is 13.8 Å². The second-order valence-electron chi connectivity index (χ2n) is 7.88. The number of nitrogens with zero attached hydrogens (tertiary/aromatic N) is 4. The van der Waals surface area contributed by atoms with Crippen molar-refractivity contribution in [2.45, 2.75) is 51.7 Å². The first-order chi connectivity index (χ1) is 11.8. The molecule has 136 valence electrons. The van der Waals surface area contributed by atoms with Gasteiger partial charge >= 0.3 is 0 Å². The van der Waals surface area contributed by atoms with E-state index in [0.29, 0.717) is 31.7 Å². The van der Waals surface area contributed by atoms with Gasteiger partial charge in [0, 0.05) is 32.8 Å². The zero-order chi connectivity index (χ0) is 18.2. The van der Waals surface area contributed by atoms with Gasteiger partial charge in [-0.3, -0.25) is 9.59 Å². The highest BCUT2D eigenvalue weighted by Gasteiger charge is 2.50. The van der Waals surface area contributed by atoms with Crippen LogP contribution in [0.5, 0.6) is 0 Å². The van der Waals surface area contributed by atoms with Crippen LogP contribution in [0.15, 0.2) is 18.3 Å². The zero-order valence-electron chi connectivity index (χ0n) is 15.1. The van der Waals surface area contributed by atoms with Gasteiger partial charge in [0.2, 0.25) is 5.91 Å². The molecule has 25 heavy (non-hydrogen) atoms. The number of aliphatic hydroxyl groups excluding tert-OH is 1. The highest BCUT2D eigenvalue weighted by molar-refractivity contribution is 5.92. The van der Waals surface area contributed by atoms with Gasteiger partial charge in [-0.1, -0.05) is 0 Å². The Morgan fingerprint density at radius 2 is 1.96 bits per heavy atom. The van der Waals surface area contributed by atoms with Crippen LogP contribution in [0.25, 0.3) is 0 Å². The lowest BCUT2D eigenvalue weighted by molar-refractivity contribution is -0.156. The molecule has 7 heteroatoms. The van der Waals surface area contributed by atoms with Crippen LogP contribution in [0.2, 0.25) is 0 Å². The summed E-state index contributed by atoms with van der Waals surface area (Å²) >= 11 is 0. The summed E-state index contributed by atoms with van der Waals surface area (Å²) in [4.78, 5) is 28.2. The smallest absolute Gasteiger partial charge is 0.274 e. The highest BCUT2D eigenvalue weighted by atomic mass is 16.3. The average molecular weight is 346 g/mol. The number of carbonyl (C=O) groups is 2. The molecule has 2 aliphatic heterocycles. The molecule has 2 aliphatic rings.